The first-order valence-electron chi connectivity index (χ1n) is 17.6. The number of carboxylic acids is 1. The van der Waals surface area contributed by atoms with Crippen molar-refractivity contribution in [2.24, 2.45) is 0 Å². The summed E-state index contributed by atoms with van der Waals surface area (Å²) in [6.07, 6.45) is 2.98. The minimum absolute atomic E-state index is 0.0933. The second kappa shape index (κ2) is 13.7. The van der Waals surface area contributed by atoms with Crippen LogP contribution in [0.5, 0.6) is 46.0 Å². The van der Waals surface area contributed by atoms with Crippen molar-refractivity contribution < 1.29 is 43.2 Å². The molecule has 4 aromatic carbocycles. The van der Waals surface area contributed by atoms with Crippen molar-refractivity contribution >= 4 is 5.97 Å². The third kappa shape index (κ3) is 6.10. The Morgan fingerprint density at radius 3 is 2.27 bits per heavy atom. The van der Waals surface area contributed by atoms with Crippen LogP contribution in [-0.4, -0.2) is 75.0 Å². The SMILES string of the molecule is CCC(C(=O)[O-])[N+]1(C)CCc2cc(OC)c3cc2C1Cc1ccc(cc1)Oc1cc(ccc1OC)CC1c2c(cc(OC)c(O)c2O3)CCN1C. The van der Waals surface area contributed by atoms with Crippen molar-refractivity contribution in [2.75, 3.05) is 48.5 Å². The molecule has 0 fully saturated rings. The average molecular weight is 695 g/mol. The monoisotopic (exact) mass is 694 g/mol. The highest BCUT2D eigenvalue weighted by molar-refractivity contribution is 5.70. The van der Waals surface area contributed by atoms with Gasteiger partial charge in [-0.25, -0.2) is 0 Å². The van der Waals surface area contributed by atoms with Crippen molar-refractivity contribution in [1.82, 2.24) is 4.90 Å². The molecule has 0 saturated carbocycles. The third-order valence-electron chi connectivity index (χ3n) is 11.3. The second-order valence-electron chi connectivity index (χ2n) is 14.1. The number of quaternary nitrogens is 1. The number of aromatic hydroxyl groups is 1. The number of aliphatic carboxylic acids is 1. The molecule has 4 aliphatic heterocycles. The van der Waals surface area contributed by atoms with Crippen LogP contribution in [0.4, 0.5) is 0 Å². The lowest BCUT2D eigenvalue weighted by Crippen LogP contribution is -2.63. The lowest BCUT2D eigenvalue weighted by Gasteiger charge is -2.50. The molecule has 8 rings (SSSR count). The highest BCUT2D eigenvalue weighted by atomic mass is 16.5. The summed E-state index contributed by atoms with van der Waals surface area (Å²) < 4.78 is 30.9. The van der Waals surface area contributed by atoms with E-state index < -0.39 is 12.0 Å². The van der Waals surface area contributed by atoms with Crippen LogP contribution >= 0.6 is 0 Å². The van der Waals surface area contributed by atoms with Crippen LogP contribution in [0.3, 0.4) is 0 Å². The third-order valence-corrected chi connectivity index (χ3v) is 11.3. The normalized spacial score (nSPS) is 21.6. The Labute approximate surface area is 299 Å². The molecule has 4 atom stereocenters. The first-order chi connectivity index (χ1) is 24.6. The summed E-state index contributed by atoms with van der Waals surface area (Å²) in [4.78, 5) is 15.0. The molecule has 268 valence electrons. The molecular weight excluding hydrogens is 648 g/mol. The number of likely N-dealkylation sites (N-methyl/N-ethyl adjacent to an activating group) is 2. The van der Waals surface area contributed by atoms with Crippen LogP contribution in [-0.2, 0) is 30.5 Å². The summed E-state index contributed by atoms with van der Waals surface area (Å²) >= 11 is 0. The molecule has 0 amide bonds. The highest BCUT2D eigenvalue weighted by Gasteiger charge is 2.45. The van der Waals surface area contributed by atoms with Gasteiger partial charge in [-0.05, 0) is 84.6 Å². The first kappa shape index (κ1) is 34.5. The van der Waals surface area contributed by atoms with E-state index in [0.29, 0.717) is 72.5 Å². The largest absolute Gasteiger partial charge is 0.544 e. The number of nitrogens with zero attached hydrogens (tertiary/aromatic N) is 2. The molecule has 4 aromatic rings. The van der Waals surface area contributed by atoms with Crippen molar-refractivity contribution in [1.29, 1.82) is 0 Å². The molecule has 0 radical (unpaired) electrons. The maximum absolute atomic E-state index is 12.7. The van der Waals surface area contributed by atoms with E-state index >= 15 is 0 Å². The zero-order chi connectivity index (χ0) is 36.0. The number of carbonyl (C=O) groups excluding carboxylic acids is 1. The van der Waals surface area contributed by atoms with Crippen molar-refractivity contribution in [3.05, 3.63) is 94.0 Å². The Morgan fingerprint density at radius 2 is 1.59 bits per heavy atom. The zero-order valence-electron chi connectivity index (χ0n) is 30.2. The van der Waals surface area contributed by atoms with Gasteiger partial charge in [0.15, 0.2) is 34.5 Å². The van der Waals surface area contributed by atoms with Gasteiger partial charge in [0.25, 0.3) is 0 Å². The minimum Gasteiger partial charge on any atom is -0.544 e. The number of fused-ring (bicyclic) bond motifs is 2. The van der Waals surface area contributed by atoms with E-state index in [1.165, 1.54) is 7.11 Å². The summed E-state index contributed by atoms with van der Waals surface area (Å²) in [6.45, 7) is 3.32. The van der Waals surface area contributed by atoms with Gasteiger partial charge in [0.1, 0.15) is 17.8 Å². The fourth-order valence-corrected chi connectivity index (χ4v) is 8.49. The first-order valence-corrected chi connectivity index (χ1v) is 17.6. The molecule has 10 nitrogen and oxygen atoms in total. The van der Waals surface area contributed by atoms with Gasteiger partial charge in [-0.2, -0.15) is 0 Å². The molecule has 4 aliphatic rings. The van der Waals surface area contributed by atoms with Crippen LogP contribution in [0.25, 0.3) is 0 Å². The maximum Gasteiger partial charge on any atom is 0.201 e. The van der Waals surface area contributed by atoms with Gasteiger partial charge in [-0.1, -0.05) is 25.1 Å². The average Bonchev–Trinajstić information content (AvgIpc) is 3.12. The van der Waals surface area contributed by atoms with E-state index in [9.17, 15) is 15.0 Å². The lowest BCUT2D eigenvalue weighted by molar-refractivity contribution is -0.958. The number of carboxylic acid groups (broad SMARTS) is 1. The lowest BCUT2D eigenvalue weighted by atomic mass is 9.84. The van der Waals surface area contributed by atoms with E-state index in [4.69, 9.17) is 23.7 Å². The molecule has 0 aromatic heterocycles. The number of benzene rings is 4. The number of carbonyl (C=O) groups is 1. The van der Waals surface area contributed by atoms with E-state index in [1.807, 2.05) is 74.6 Å². The Kier molecular flexibility index (Phi) is 9.24. The molecule has 51 heavy (non-hydrogen) atoms. The van der Waals surface area contributed by atoms with Gasteiger partial charge < -0.3 is 43.2 Å². The van der Waals surface area contributed by atoms with Crippen LogP contribution in [0.2, 0.25) is 0 Å². The standard InChI is InChI=1S/C41H46N2O8/c1-7-31(41(45)46)43(3)17-15-26-21-34(48-5)36-23-29(26)32(43)19-24-8-11-28(12-9-24)50-35-20-25(10-13-33(35)47-4)18-30-38-27(14-16-42(30)2)22-37(49-6)39(44)40(38)51-36/h8-13,20-23,30-32H,7,14-19H2,1-6H3,(H-,44,45,46). The molecule has 1 N–H and O–H groups in total. The molecule has 6 bridgehead atoms. The van der Waals surface area contributed by atoms with E-state index in [-0.39, 0.29) is 22.3 Å². The summed E-state index contributed by atoms with van der Waals surface area (Å²) in [5.74, 6) is 2.33. The smallest absolute Gasteiger partial charge is 0.201 e. The van der Waals surface area contributed by atoms with Crippen LogP contribution in [0.1, 0.15) is 58.8 Å². The van der Waals surface area contributed by atoms with Gasteiger partial charge in [-0.15, -0.1) is 0 Å². The number of rotatable bonds is 6. The van der Waals surface area contributed by atoms with Gasteiger partial charge in [0.2, 0.25) is 5.75 Å². The second-order valence-corrected chi connectivity index (χ2v) is 14.1. The van der Waals surface area contributed by atoms with Gasteiger partial charge in [0, 0.05) is 43.0 Å². The van der Waals surface area contributed by atoms with E-state index in [0.717, 1.165) is 46.3 Å². The predicted molar refractivity (Wildman–Crippen MR) is 190 cm³/mol. The number of hydrogen-bond acceptors (Lipinski definition) is 9. The molecule has 10 heteroatoms. The number of methoxy groups -OCH3 is 3. The van der Waals surface area contributed by atoms with E-state index in [2.05, 4.69) is 11.9 Å². The summed E-state index contributed by atoms with van der Waals surface area (Å²) in [5, 5.41) is 24.5. The quantitative estimate of drug-likeness (QED) is 0.247. The molecule has 4 unspecified atom stereocenters. The summed E-state index contributed by atoms with van der Waals surface area (Å²) in [5.41, 5.74) is 6.01. The molecule has 0 aliphatic carbocycles. The molecular formula is C41H46N2O8. The Balaban J connectivity index is 1.48. The van der Waals surface area contributed by atoms with E-state index in [1.54, 1.807) is 14.2 Å². The van der Waals surface area contributed by atoms with Crippen LogP contribution in [0, 0.1) is 0 Å². The summed E-state index contributed by atoms with van der Waals surface area (Å²) in [7, 11) is 8.88. The Morgan fingerprint density at radius 1 is 0.902 bits per heavy atom. The van der Waals surface area contributed by atoms with Gasteiger partial charge in [0.05, 0.1) is 40.9 Å². The number of phenols is 1. The number of phenolic OH excluding ortho intramolecular Hbond substituents is 1. The molecule has 4 heterocycles. The van der Waals surface area contributed by atoms with Crippen molar-refractivity contribution in [2.45, 2.75) is 57.2 Å². The van der Waals surface area contributed by atoms with Crippen molar-refractivity contribution in [3.8, 4) is 46.0 Å². The molecule has 0 spiro atoms. The fourth-order valence-electron chi connectivity index (χ4n) is 8.49. The predicted octanol–water partition coefficient (Wildman–Crippen LogP) is 5.90. The van der Waals surface area contributed by atoms with Gasteiger partial charge in [-0.3, -0.25) is 4.90 Å². The number of ether oxygens (including phenoxy) is 5. The molecule has 0 saturated heterocycles. The Bertz CT molecular complexity index is 1960. The topological polar surface area (TPSA) is 110 Å². The summed E-state index contributed by atoms with van der Waals surface area (Å²) in [6, 6.07) is 18.7. The minimum atomic E-state index is -1.06. The van der Waals surface area contributed by atoms with Crippen LogP contribution in [0.15, 0.2) is 60.7 Å². The van der Waals surface area contributed by atoms with Crippen molar-refractivity contribution in [3.63, 3.8) is 0 Å². The highest BCUT2D eigenvalue weighted by Crippen LogP contribution is 2.52. The van der Waals surface area contributed by atoms with Crippen LogP contribution < -0.4 is 28.8 Å². The maximum atomic E-state index is 12.7. The fraction of sp³-hybridized carbons (Fsp3) is 0.390. The zero-order valence-corrected chi connectivity index (χ0v) is 30.2. The number of hydrogen-bond donors (Lipinski definition) is 1. The van der Waals surface area contributed by atoms with Gasteiger partial charge >= 0.3 is 0 Å². The Hall–Kier alpha value is -4.93.